The van der Waals surface area contributed by atoms with Crippen LogP contribution in [0.5, 0.6) is 5.75 Å². The van der Waals surface area contributed by atoms with E-state index in [-0.39, 0.29) is 17.9 Å². The number of carbonyl (C=O) groups excluding carboxylic acids is 1. The SMILES string of the molecule is COc1ccccc1NC(=O)[C@@H](C)NC[C@H](c1ccccc1)c1c[nH]c2ccccc12. The van der Waals surface area contributed by atoms with Gasteiger partial charge in [-0.15, -0.1) is 0 Å². The Hall–Kier alpha value is -3.57. The predicted octanol–water partition coefficient (Wildman–Crippen LogP) is 4.93. The number of hydrogen-bond acceptors (Lipinski definition) is 3. The van der Waals surface area contributed by atoms with Crippen molar-refractivity contribution in [2.75, 3.05) is 19.0 Å². The number of aromatic nitrogens is 1. The lowest BCUT2D eigenvalue weighted by Crippen LogP contribution is -2.40. The number of carbonyl (C=O) groups is 1. The van der Waals surface area contributed by atoms with Gasteiger partial charge in [-0.3, -0.25) is 4.79 Å². The highest BCUT2D eigenvalue weighted by molar-refractivity contribution is 5.95. The highest BCUT2D eigenvalue weighted by Crippen LogP contribution is 2.30. The lowest BCUT2D eigenvalue weighted by atomic mass is 9.90. The van der Waals surface area contributed by atoms with Gasteiger partial charge in [0.05, 0.1) is 18.8 Å². The van der Waals surface area contributed by atoms with Crippen LogP contribution in [0, 0.1) is 0 Å². The highest BCUT2D eigenvalue weighted by atomic mass is 16.5. The average molecular weight is 414 g/mol. The second-order valence-corrected chi connectivity index (χ2v) is 7.57. The van der Waals surface area contributed by atoms with Crippen molar-refractivity contribution in [1.29, 1.82) is 0 Å². The van der Waals surface area contributed by atoms with E-state index in [1.807, 2.05) is 43.3 Å². The number of fused-ring (bicyclic) bond motifs is 1. The first-order valence-corrected chi connectivity index (χ1v) is 10.5. The van der Waals surface area contributed by atoms with Gasteiger partial charge in [-0.2, -0.15) is 0 Å². The number of anilines is 1. The zero-order valence-electron chi connectivity index (χ0n) is 17.8. The van der Waals surface area contributed by atoms with E-state index in [9.17, 15) is 4.79 Å². The molecule has 1 aromatic heterocycles. The lowest BCUT2D eigenvalue weighted by molar-refractivity contribution is -0.117. The van der Waals surface area contributed by atoms with Crippen molar-refractivity contribution in [3.63, 3.8) is 0 Å². The first-order chi connectivity index (χ1) is 15.2. The molecule has 2 atom stereocenters. The Labute approximate surface area is 182 Å². The maximum Gasteiger partial charge on any atom is 0.241 e. The summed E-state index contributed by atoms with van der Waals surface area (Å²) in [7, 11) is 1.60. The first kappa shape index (κ1) is 20.7. The van der Waals surface area contributed by atoms with Crippen molar-refractivity contribution in [3.05, 3.63) is 96.2 Å². The Bertz CT molecular complexity index is 1150. The maximum atomic E-state index is 12.8. The molecule has 0 aliphatic rings. The number of hydrogen-bond donors (Lipinski definition) is 3. The fourth-order valence-corrected chi connectivity index (χ4v) is 3.85. The minimum Gasteiger partial charge on any atom is -0.495 e. The molecule has 5 heteroatoms. The van der Waals surface area contributed by atoms with Gasteiger partial charge < -0.3 is 20.4 Å². The molecule has 1 heterocycles. The van der Waals surface area contributed by atoms with Gasteiger partial charge in [-0.25, -0.2) is 0 Å². The lowest BCUT2D eigenvalue weighted by Gasteiger charge is -2.21. The standard InChI is InChI=1S/C26H27N3O2/c1-18(26(30)29-24-14-8-9-15-25(24)31-2)27-16-21(19-10-4-3-5-11-19)22-17-28-23-13-7-6-12-20(22)23/h3-15,17-18,21,27-28H,16H2,1-2H3,(H,29,30)/t18-,21-/m1/s1. The molecule has 3 aromatic carbocycles. The average Bonchev–Trinajstić information content (AvgIpc) is 3.24. The number of methoxy groups -OCH3 is 1. The summed E-state index contributed by atoms with van der Waals surface area (Å²) in [6.07, 6.45) is 2.07. The monoisotopic (exact) mass is 413 g/mol. The zero-order chi connectivity index (χ0) is 21.6. The Balaban J connectivity index is 1.52. The Morgan fingerprint density at radius 1 is 0.968 bits per heavy atom. The fourth-order valence-electron chi connectivity index (χ4n) is 3.85. The van der Waals surface area contributed by atoms with Crippen molar-refractivity contribution in [3.8, 4) is 5.75 Å². The summed E-state index contributed by atoms with van der Waals surface area (Å²) < 4.78 is 5.33. The van der Waals surface area contributed by atoms with Crippen LogP contribution in [-0.2, 0) is 4.79 Å². The van der Waals surface area contributed by atoms with Crippen LogP contribution in [0.1, 0.15) is 24.0 Å². The van der Waals surface area contributed by atoms with Crippen LogP contribution in [0.15, 0.2) is 85.1 Å². The van der Waals surface area contributed by atoms with E-state index < -0.39 is 0 Å². The van der Waals surface area contributed by atoms with Gasteiger partial charge in [0.2, 0.25) is 5.91 Å². The van der Waals surface area contributed by atoms with Crippen molar-refractivity contribution >= 4 is 22.5 Å². The molecule has 0 fully saturated rings. The van der Waals surface area contributed by atoms with E-state index in [0.29, 0.717) is 18.0 Å². The molecule has 3 N–H and O–H groups in total. The van der Waals surface area contributed by atoms with Gasteiger partial charge in [-0.1, -0.05) is 60.7 Å². The van der Waals surface area contributed by atoms with Crippen LogP contribution in [0.25, 0.3) is 10.9 Å². The summed E-state index contributed by atoms with van der Waals surface area (Å²) in [5.74, 6) is 0.651. The minimum atomic E-state index is -0.374. The van der Waals surface area contributed by atoms with E-state index >= 15 is 0 Å². The molecule has 1 amide bonds. The van der Waals surface area contributed by atoms with Gasteiger partial charge in [-0.05, 0) is 36.2 Å². The summed E-state index contributed by atoms with van der Waals surface area (Å²) >= 11 is 0. The number of nitrogens with one attached hydrogen (secondary N) is 3. The van der Waals surface area contributed by atoms with Crippen molar-refractivity contribution in [2.24, 2.45) is 0 Å². The van der Waals surface area contributed by atoms with Crippen LogP contribution in [0.2, 0.25) is 0 Å². The normalized spacial score (nSPS) is 13.0. The number of benzene rings is 3. The van der Waals surface area contributed by atoms with E-state index in [1.54, 1.807) is 7.11 Å². The number of amides is 1. The van der Waals surface area contributed by atoms with Crippen LogP contribution < -0.4 is 15.4 Å². The van der Waals surface area contributed by atoms with Crippen LogP contribution in [0.4, 0.5) is 5.69 Å². The van der Waals surface area contributed by atoms with Crippen LogP contribution in [0.3, 0.4) is 0 Å². The third kappa shape index (κ3) is 4.62. The Morgan fingerprint density at radius 3 is 2.48 bits per heavy atom. The number of ether oxygens (including phenoxy) is 1. The van der Waals surface area contributed by atoms with E-state index in [0.717, 1.165) is 5.52 Å². The Morgan fingerprint density at radius 2 is 1.68 bits per heavy atom. The molecule has 0 bridgehead atoms. The van der Waals surface area contributed by atoms with E-state index in [1.165, 1.54) is 16.5 Å². The maximum absolute atomic E-state index is 12.8. The number of rotatable bonds is 8. The molecule has 5 nitrogen and oxygen atoms in total. The number of H-pyrrole nitrogens is 1. The van der Waals surface area contributed by atoms with Crippen molar-refractivity contribution < 1.29 is 9.53 Å². The molecule has 4 aromatic rings. The van der Waals surface area contributed by atoms with Gasteiger partial charge in [0.1, 0.15) is 5.75 Å². The zero-order valence-corrected chi connectivity index (χ0v) is 17.8. The summed E-state index contributed by atoms with van der Waals surface area (Å²) in [4.78, 5) is 16.2. The topological polar surface area (TPSA) is 66.2 Å². The second-order valence-electron chi connectivity index (χ2n) is 7.57. The van der Waals surface area contributed by atoms with Gasteiger partial charge in [0, 0.05) is 29.6 Å². The molecular weight excluding hydrogens is 386 g/mol. The van der Waals surface area contributed by atoms with Crippen molar-refractivity contribution in [2.45, 2.75) is 18.9 Å². The van der Waals surface area contributed by atoms with Gasteiger partial charge >= 0.3 is 0 Å². The Kier molecular flexibility index (Phi) is 6.34. The first-order valence-electron chi connectivity index (χ1n) is 10.5. The summed E-state index contributed by atoms with van der Waals surface area (Å²) in [5, 5.41) is 7.58. The molecule has 0 saturated heterocycles. The minimum absolute atomic E-state index is 0.102. The molecule has 158 valence electrons. The number of aromatic amines is 1. The van der Waals surface area contributed by atoms with Gasteiger partial charge in [0.25, 0.3) is 0 Å². The smallest absolute Gasteiger partial charge is 0.241 e. The summed E-state index contributed by atoms with van der Waals surface area (Å²) in [6.45, 7) is 2.51. The van der Waals surface area contributed by atoms with Crippen LogP contribution in [-0.4, -0.2) is 30.6 Å². The van der Waals surface area contributed by atoms with Gasteiger partial charge in [0.15, 0.2) is 0 Å². The van der Waals surface area contributed by atoms with Crippen molar-refractivity contribution in [1.82, 2.24) is 10.3 Å². The molecule has 0 saturated carbocycles. The van der Waals surface area contributed by atoms with E-state index in [2.05, 4.69) is 64.3 Å². The molecule has 0 spiro atoms. The highest BCUT2D eigenvalue weighted by Gasteiger charge is 2.21. The molecule has 0 aliphatic heterocycles. The third-order valence-electron chi connectivity index (χ3n) is 5.58. The number of para-hydroxylation sites is 3. The fraction of sp³-hybridized carbons (Fsp3) is 0.192. The molecule has 31 heavy (non-hydrogen) atoms. The second kappa shape index (κ2) is 9.49. The van der Waals surface area contributed by atoms with Crippen LogP contribution >= 0.6 is 0 Å². The predicted molar refractivity (Wildman–Crippen MR) is 126 cm³/mol. The molecule has 0 radical (unpaired) electrons. The van der Waals surface area contributed by atoms with E-state index in [4.69, 9.17) is 4.74 Å². The quantitative estimate of drug-likeness (QED) is 0.384. The largest absolute Gasteiger partial charge is 0.495 e. The molecular formula is C26H27N3O2. The summed E-state index contributed by atoms with van der Waals surface area (Å²) in [6, 6.07) is 25.7. The molecule has 4 rings (SSSR count). The molecule has 0 unspecified atom stereocenters. The molecule has 0 aliphatic carbocycles. The summed E-state index contributed by atoms with van der Waals surface area (Å²) in [5.41, 5.74) is 4.20. The third-order valence-corrected chi connectivity index (χ3v) is 5.58.